The molecule has 1 saturated carbocycles. The van der Waals surface area contributed by atoms with E-state index < -0.39 is 0 Å². The molecular formula is C16H25N3. The van der Waals surface area contributed by atoms with E-state index in [4.69, 9.17) is 0 Å². The Morgan fingerprint density at radius 2 is 2.26 bits per heavy atom. The Kier molecular flexibility index (Phi) is 4.02. The number of hydrogen-bond donors (Lipinski definition) is 1. The van der Waals surface area contributed by atoms with Crippen LogP contribution in [0.3, 0.4) is 0 Å². The van der Waals surface area contributed by atoms with E-state index in [-0.39, 0.29) is 0 Å². The number of unbranched alkanes of at least 4 members (excludes halogenated alkanes) is 1. The van der Waals surface area contributed by atoms with Gasteiger partial charge in [0.05, 0.1) is 0 Å². The molecule has 3 rings (SSSR count). The molecule has 1 atom stereocenters. The lowest BCUT2D eigenvalue weighted by Gasteiger charge is -2.26. The standard InChI is InChI=1S/C16H25N3/c1-2-3-11-19-12-5-7-15(19)14-6-4-10-17-16(14)18-13-8-9-13/h4,6,10,13,15H,2-3,5,7-9,11-12H2,1H3,(H,17,18). The second-order valence-electron chi connectivity index (χ2n) is 5.91. The Morgan fingerprint density at radius 3 is 3.05 bits per heavy atom. The number of nitrogens with one attached hydrogen (secondary N) is 1. The molecular weight excluding hydrogens is 234 g/mol. The summed E-state index contributed by atoms with van der Waals surface area (Å²) in [5.41, 5.74) is 1.42. The first-order valence-electron chi connectivity index (χ1n) is 7.84. The first-order chi connectivity index (χ1) is 9.38. The van der Waals surface area contributed by atoms with Gasteiger partial charge >= 0.3 is 0 Å². The summed E-state index contributed by atoms with van der Waals surface area (Å²) in [6.07, 6.45) is 9.73. The highest BCUT2D eigenvalue weighted by molar-refractivity contribution is 5.47. The third-order valence-electron chi connectivity index (χ3n) is 4.28. The Morgan fingerprint density at radius 1 is 1.37 bits per heavy atom. The third kappa shape index (κ3) is 3.08. The van der Waals surface area contributed by atoms with E-state index >= 15 is 0 Å². The Hall–Kier alpha value is -1.09. The molecule has 1 aromatic heterocycles. The molecule has 3 heteroatoms. The molecule has 0 aromatic carbocycles. The van der Waals surface area contributed by atoms with Crippen molar-refractivity contribution in [2.24, 2.45) is 0 Å². The molecule has 104 valence electrons. The molecule has 1 unspecified atom stereocenters. The summed E-state index contributed by atoms with van der Waals surface area (Å²) in [5.74, 6) is 1.14. The first-order valence-corrected chi connectivity index (χ1v) is 7.84. The average Bonchev–Trinajstić information content (AvgIpc) is 3.13. The fourth-order valence-corrected chi connectivity index (χ4v) is 3.04. The zero-order valence-electron chi connectivity index (χ0n) is 11.9. The van der Waals surface area contributed by atoms with Crippen molar-refractivity contribution < 1.29 is 0 Å². The van der Waals surface area contributed by atoms with E-state index in [1.165, 1.54) is 57.2 Å². The van der Waals surface area contributed by atoms with Crippen LogP contribution in [0.25, 0.3) is 0 Å². The van der Waals surface area contributed by atoms with Gasteiger partial charge in [0.15, 0.2) is 0 Å². The van der Waals surface area contributed by atoms with E-state index in [2.05, 4.69) is 34.3 Å². The molecule has 0 spiro atoms. The smallest absolute Gasteiger partial charge is 0.130 e. The Balaban J connectivity index is 1.75. The van der Waals surface area contributed by atoms with E-state index in [1.807, 2.05) is 6.20 Å². The molecule has 2 fully saturated rings. The lowest BCUT2D eigenvalue weighted by Crippen LogP contribution is -2.25. The fraction of sp³-hybridized carbons (Fsp3) is 0.688. The number of anilines is 1. The van der Waals surface area contributed by atoms with Gasteiger partial charge in [-0.05, 0) is 51.3 Å². The van der Waals surface area contributed by atoms with Crippen LogP contribution in [0.2, 0.25) is 0 Å². The highest BCUT2D eigenvalue weighted by Gasteiger charge is 2.29. The normalized spacial score (nSPS) is 23.7. The molecule has 3 nitrogen and oxygen atoms in total. The van der Waals surface area contributed by atoms with Gasteiger partial charge in [-0.3, -0.25) is 4.90 Å². The van der Waals surface area contributed by atoms with Gasteiger partial charge in [0.1, 0.15) is 5.82 Å². The van der Waals surface area contributed by atoms with E-state index in [1.54, 1.807) is 0 Å². The van der Waals surface area contributed by atoms with Crippen molar-refractivity contribution in [1.82, 2.24) is 9.88 Å². The van der Waals surface area contributed by atoms with Crippen LogP contribution in [0.4, 0.5) is 5.82 Å². The van der Waals surface area contributed by atoms with Crippen LogP contribution in [0.15, 0.2) is 18.3 Å². The predicted octanol–water partition coefficient (Wildman–Crippen LogP) is 3.59. The molecule has 0 amide bonds. The largest absolute Gasteiger partial charge is 0.367 e. The number of pyridine rings is 1. The summed E-state index contributed by atoms with van der Waals surface area (Å²) in [6, 6.07) is 5.62. The van der Waals surface area contributed by atoms with Crippen LogP contribution >= 0.6 is 0 Å². The van der Waals surface area contributed by atoms with Gasteiger partial charge in [-0.1, -0.05) is 19.4 Å². The first kappa shape index (κ1) is 12.9. The summed E-state index contributed by atoms with van der Waals surface area (Å²) in [7, 11) is 0. The fourth-order valence-electron chi connectivity index (χ4n) is 3.04. The second kappa shape index (κ2) is 5.91. The summed E-state index contributed by atoms with van der Waals surface area (Å²) in [6.45, 7) is 4.76. The summed E-state index contributed by atoms with van der Waals surface area (Å²) in [4.78, 5) is 7.23. The van der Waals surface area contributed by atoms with E-state index in [0.717, 1.165) is 5.82 Å². The van der Waals surface area contributed by atoms with Gasteiger partial charge in [0, 0.05) is 23.8 Å². The molecule has 1 aromatic rings. The van der Waals surface area contributed by atoms with Crippen LogP contribution in [-0.2, 0) is 0 Å². The molecule has 2 heterocycles. The monoisotopic (exact) mass is 259 g/mol. The minimum absolute atomic E-state index is 0.585. The maximum atomic E-state index is 4.58. The van der Waals surface area contributed by atoms with Crippen molar-refractivity contribution in [3.8, 4) is 0 Å². The lowest BCUT2D eigenvalue weighted by atomic mass is 10.0. The van der Waals surface area contributed by atoms with E-state index in [9.17, 15) is 0 Å². The lowest BCUT2D eigenvalue weighted by molar-refractivity contribution is 0.253. The van der Waals surface area contributed by atoms with Crippen molar-refractivity contribution in [2.45, 2.75) is 57.5 Å². The molecule has 2 aliphatic rings. The molecule has 1 N–H and O–H groups in total. The highest BCUT2D eigenvalue weighted by atomic mass is 15.2. The minimum Gasteiger partial charge on any atom is -0.367 e. The molecule has 1 saturated heterocycles. The van der Waals surface area contributed by atoms with Gasteiger partial charge in [0.2, 0.25) is 0 Å². The zero-order chi connectivity index (χ0) is 13.1. The van der Waals surface area contributed by atoms with Crippen LogP contribution in [-0.4, -0.2) is 29.0 Å². The predicted molar refractivity (Wildman–Crippen MR) is 79.3 cm³/mol. The summed E-state index contributed by atoms with van der Waals surface area (Å²) < 4.78 is 0. The van der Waals surface area contributed by atoms with E-state index in [0.29, 0.717) is 12.1 Å². The van der Waals surface area contributed by atoms with Gasteiger partial charge in [-0.25, -0.2) is 4.98 Å². The second-order valence-corrected chi connectivity index (χ2v) is 5.91. The van der Waals surface area contributed by atoms with Gasteiger partial charge in [-0.2, -0.15) is 0 Å². The Bertz CT molecular complexity index is 414. The van der Waals surface area contributed by atoms with Crippen LogP contribution in [0.5, 0.6) is 0 Å². The number of likely N-dealkylation sites (tertiary alicyclic amines) is 1. The summed E-state index contributed by atoms with van der Waals surface area (Å²) >= 11 is 0. The average molecular weight is 259 g/mol. The molecule has 0 radical (unpaired) electrons. The van der Waals surface area contributed by atoms with Crippen molar-refractivity contribution in [3.05, 3.63) is 23.9 Å². The quantitative estimate of drug-likeness (QED) is 0.846. The van der Waals surface area contributed by atoms with Crippen LogP contribution in [0.1, 0.15) is 57.1 Å². The van der Waals surface area contributed by atoms with Crippen molar-refractivity contribution in [3.63, 3.8) is 0 Å². The zero-order valence-corrected chi connectivity index (χ0v) is 11.9. The number of hydrogen-bond acceptors (Lipinski definition) is 3. The maximum Gasteiger partial charge on any atom is 0.130 e. The van der Waals surface area contributed by atoms with Crippen molar-refractivity contribution in [1.29, 1.82) is 0 Å². The van der Waals surface area contributed by atoms with Gasteiger partial charge in [-0.15, -0.1) is 0 Å². The number of aromatic nitrogens is 1. The number of rotatable bonds is 6. The van der Waals surface area contributed by atoms with Gasteiger partial charge < -0.3 is 5.32 Å². The number of nitrogens with zero attached hydrogens (tertiary/aromatic N) is 2. The van der Waals surface area contributed by atoms with Crippen LogP contribution < -0.4 is 5.32 Å². The third-order valence-corrected chi connectivity index (χ3v) is 4.28. The Labute approximate surface area is 116 Å². The van der Waals surface area contributed by atoms with Crippen LogP contribution in [0, 0.1) is 0 Å². The maximum absolute atomic E-state index is 4.58. The van der Waals surface area contributed by atoms with Crippen molar-refractivity contribution in [2.75, 3.05) is 18.4 Å². The molecule has 1 aliphatic carbocycles. The molecule has 0 bridgehead atoms. The topological polar surface area (TPSA) is 28.2 Å². The van der Waals surface area contributed by atoms with Crippen molar-refractivity contribution >= 4 is 5.82 Å². The molecule has 1 aliphatic heterocycles. The highest BCUT2D eigenvalue weighted by Crippen LogP contribution is 2.36. The van der Waals surface area contributed by atoms with Gasteiger partial charge in [0.25, 0.3) is 0 Å². The SMILES string of the molecule is CCCCN1CCCC1c1cccnc1NC1CC1. The summed E-state index contributed by atoms with van der Waals surface area (Å²) in [5, 5.41) is 3.60. The molecule has 19 heavy (non-hydrogen) atoms. The minimum atomic E-state index is 0.585.